The fourth-order valence-electron chi connectivity index (χ4n) is 2.09. The molecule has 0 saturated carbocycles. The molecule has 0 fully saturated rings. The third-order valence-electron chi connectivity index (χ3n) is 3.12. The van der Waals surface area contributed by atoms with Crippen LogP contribution in [0.4, 0.5) is 0 Å². The first-order valence-electron chi connectivity index (χ1n) is 6.04. The van der Waals surface area contributed by atoms with Gasteiger partial charge in [-0.15, -0.1) is 0 Å². The number of hydrogen-bond donors (Lipinski definition) is 1. The topological polar surface area (TPSA) is 36.1 Å². The van der Waals surface area contributed by atoms with Gasteiger partial charge in [0.15, 0.2) is 0 Å². The molecule has 1 aromatic heterocycles. The summed E-state index contributed by atoms with van der Waals surface area (Å²) in [5, 5.41) is 1.02. The minimum atomic E-state index is 0.104. The van der Waals surface area contributed by atoms with Crippen molar-refractivity contribution in [3.05, 3.63) is 35.5 Å². The molecule has 1 N–H and O–H groups in total. The Morgan fingerprint density at radius 3 is 2.65 bits per heavy atom. The van der Waals surface area contributed by atoms with Crippen molar-refractivity contribution in [2.24, 2.45) is 0 Å². The number of carbonyl (C=O) groups is 1. The maximum Gasteiger partial charge on any atom is 0.256 e. The van der Waals surface area contributed by atoms with E-state index in [2.05, 4.69) is 11.1 Å². The molecule has 0 aliphatic rings. The van der Waals surface area contributed by atoms with Gasteiger partial charge < -0.3 is 9.88 Å². The quantitative estimate of drug-likeness (QED) is 0.864. The van der Waals surface area contributed by atoms with E-state index in [1.807, 2.05) is 44.0 Å². The zero-order chi connectivity index (χ0) is 12.4. The van der Waals surface area contributed by atoms with Crippen LogP contribution in [0, 0.1) is 6.92 Å². The number of carbonyl (C=O) groups excluding carboxylic acids is 1. The molecule has 0 saturated heterocycles. The molecule has 17 heavy (non-hydrogen) atoms. The summed E-state index contributed by atoms with van der Waals surface area (Å²) < 4.78 is 0. The molecule has 2 rings (SSSR count). The van der Waals surface area contributed by atoms with Crippen molar-refractivity contribution in [1.29, 1.82) is 0 Å². The number of H-pyrrole nitrogens is 1. The smallest absolute Gasteiger partial charge is 0.256 e. The summed E-state index contributed by atoms with van der Waals surface area (Å²) in [5.74, 6) is 0.104. The highest BCUT2D eigenvalue weighted by atomic mass is 16.2. The van der Waals surface area contributed by atoms with E-state index < -0.39 is 0 Å². The van der Waals surface area contributed by atoms with E-state index in [0.717, 1.165) is 29.6 Å². The van der Waals surface area contributed by atoms with Crippen molar-refractivity contribution in [3.8, 4) is 0 Å². The van der Waals surface area contributed by atoms with Crippen molar-refractivity contribution >= 4 is 16.8 Å². The molecular formula is C14H18N2O. The highest BCUT2D eigenvalue weighted by molar-refractivity contribution is 6.06. The summed E-state index contributed by atoms with van der Waals surface area (Å²) in [7, 11) is 0. The third kappa shape index (κ3) is 2.05. The predicted octanol–water partition coefficient (Wildman–Crippen LogP) is 2.96. The summed E-state index contributed by atoms with van der Waals surface area (Å²) in [4.78, 5) is 17.3. The largest absolute Gasteiger partial charge is 0.360 e. The van der Waals surface area contributed by atoms with Crippen LogP contribution in [0.15, 0.2) is 24.4 Å². The monoisotopic (exact) mass is 230 g/mol. The molecule has 1 heterocycles. The van der Waals surface area contributed by atoms with Gasteiger partial charge in [0, 0.05) is 30.2 Å². The van der Waals surface area contributed by atoms with Gasteiger partial charge in [0.1, 0.15) is 0 Å². The van der Waals surface area contributed by atoms with E-state index in [4.69, 9.17) is 0 Å². The van der Waals surface area contributed by atoms with E-state index in [0.29, 0.717) is 0 Å². The Morgan fingerprint density at radius 1 is 1.29 bits per heavy atom. The minimum Gasteiger partial charge on any atom is -0.360 e. The first kappa shape index (κ1) is 11.7. The molecule has 0 aliphatic heterocycles. The van der Waals surface area contributed by atoms with E-state index >= 15 is 0 Å². The van der Waals surface area contributed by atoms with Crippen LogP contribution in [0.1, 0.15) is 29.8 Å². The number of aromatic amines is 1. The predicted molar refractivity (Wildman–Crippen MR) is 70.3 cm³/mol. The van der Waals surface area contributed by atoms with Crippen molar-refractivity contribution in [1.82, 2.24) is 9.88 Å². The van der Waals surface area contributed by atoms with Gasteiger partial charge in [-0.1, -0.05) is 11.6 Å². The number of aromatic nitrogens is 1. The minimum absolute atomic E-state index is 0.104. The fourth-order valence-corrected chi connectivity index (χ4v) is 2.09. The Balaban J connectivity index is 2.48. The molecule has 0 atom stereocenters. The van der Waals surface area contributed by atoms with Crippen LogP contribution in [0.25, 0.3) is 10.9 Å². The average Bonchev–Trinajstić information content (AvgIpc) is 2.73. The summed E-state index contributed by atoms with van der Waals surface area (Å²) in [6.07, 6.45) is 1.81. The standard InChI is InChI=1S/C14H18N2O/c1-4-16(5-2)14(17)12-9-15-13-7-6-10(3)8-11(12)13/h6-9,15H,4-5H2,1-3H3. The Hall–Kier alpha value is -1.77. The van der Waals surface area contributed by atoms with Crippen LogP contribution in [0.2, 0.25) is 0 Å². The molecule has 0 aliphatic carbocycles. The second-order valence-electron chi connectivity index (χ2n) is 4.23. The Kier molecular flexibility index (Phi) is 3.18. The highest BCUT2D eigenvalue weighted by Crippen LogP contribution is 2.21. The molecule has 90 valence electrons. The highest BCUT2D eigenvalue weighted by Gasteiger charge is 2.16. The van der Waals surface area contributed by atoms with E-state index in [1.54, 1.807) is 0 Å². The number of benzene rings is 1. The first-order valence-corrected chi connectivity index (χ1v) is 6.04. The van der Waals surface area contributed by atoms with Crippen molar-refractivity contribution < 1.29 is 4.79 Å². The molecule has 1 aromatic carbocycles. The van der Waals surface area contributed by atoms with Gasteiger partial charge in [0.2, 0.25) is 0 Å². The van der Waals surface area contributed by atoms with Crippen LogP contribution in [-0.4, -0.2) is 28.9 Å². The Bertz CT molecular complexity index is 538. The van der Waals surface area contributed by atoms with E-state index in [9.17, 15) is 4.79 Å². The Labute approximate surface area is 101 Å². The van der Waals surface area contributed by atoms with Gasteiger partial charge in [-0.2, -0.15) is 0 Å². The molecule has 0 spiro atoms. The number of nitrogens with zero attached hydrogens (tertiary/aromatic N) is 1. The van der Waals surface area contributed by atoms with Crippen LogP contribution < -0.4 is 0 Å². The number of hydrogen-bond acceptors (Lipinski definition) is 1. The molecule has 3 nitrogen and oxygen atoms in total. The molecular weight excluding hydrogens is 212 g/mol. The summed E-state index contributed by atoms with van der Waals surface area (Å²) in [6.45, 7) is 7.53. The number of aryl methyl sites for hydroxylation is 1. The zero-order valence-electron chi connectivity index (χ0n) is 10.6. The molecule has 0 radical (unpaired) electrons. The van der Waals surface area contributed by atoms with Crippen LogP contribution in [-0.2, 0) is 0 Å². The lowest BCUT2D eigenvalue weighted by molar-refractivity contribution is 0.0775. The van der Waals surface area contributed by atoms with Crippen molar-refractivity contribution in [3.63, 3.8) is 0 Å². The van der Waals surface area contributed by atoms with Gasteiger partial charge >= 0.3 is 0 Å². The summed E-state index contributed by atoms with van der Waals surface area (Å²) in [6, 6.07) is 6.12. The molecule has 0 unspecified atom stereocenters. The molecule has 0 bridgehead atoms. The maximum absolute atomic E-state index is 12.3. The zero-order valence-corrected chi connectivity index (χ0v) is 10.6. The lowest BCUT2D eigenvalue weighted by Gasteiger charge is -2.17. The Morgan fingerprint density at radius 2 is 2.00 bits per heavy atom. The van der Waals surface area contributed by atoms with Crippen molar-refractivity contribution in [2.45, 2.75) is 20.8 Å². The van der Waals surface area contributed by atoms with Crippen LogP contribution in [0.5, 0.6) is 0 Å². The lowest BCUT2D eigenvalue weighted by Crippen LogP contribution is -2.30. The molecule has 1 amide bonds. The van der Waals surface area contributed by atoms with Gasteiger partial charge in [0.25, 0.3) is 5.91 Å². The second kappa shape index (κ2) is 4.62. The number of rotatable bonds is 3. The number of fused-ring (bicyclic) bond motifs is 1. The molecule has 2 aromatic rings. The van der Waals surface area contributed by atoms with Gasteiger partial charge in [-0.05, 0) is 32.9 Å². The first-order chi connectivity index (χ1) is 8.17. The van der Waals surface area contributed by atoms with Gasteiger partial charge in [-0.3, -0.25) is 4.79 Å². The van der Waals surface area contributed by atoms with Crippen molar-refractivity contribution in [2.75, 3.05) is 13.1 Å². The van der Waals surface area contributed by atoms with E-state index in [-0.39, 0.29) is 5.91 Å². The fraction of sp³-hybridized carbons (Fsp3) is 0.357. The van der Waals surface area contributed by atoms with E-state index in [1.165, 1.54) is 5.56 Å². The number of amides is 1. The normalized spacial score (nSPS) is 10.8. The summed E-state index contributed by atoms with van der Waals surface area (Å²) in [5.41, 5.74) is 2.96. The summed E-state index contributed by atoms with van der Waals surface area (Å²) >= 11 is 0. The second-order valence-corrected chi connectivity index (χ2v) is 4.23. The average molecular weight is 230 g/mol. The van der Waals surface area contributed by atoms with Gasteiger partial charge in [0.05, 0.1) is 5.56 Å². The molecule has 3 heteroatoms. The lowest BCUT2D eigenvalue weighted by atomic mass is 10.1. The van der Waals surface area contributed by atoms with Crippen LogP contribution in [0.3, 0.4) is 0 Å². The SMILES string of the molecule is CCN(CC)C(=O)c1c[nH]c2ccc(C)cc12. The maximum atomic E-state index is 12.3. The van der Waals surface area contributed by atoms with Crippen LogP contribution >= 0.6 is 0 Å². The third-order valence-corrected chi connectivity index (χ3v) is 3.12. The van der Waals surface area contributed by atoms with Gasteiger partial charge in [-0.25, -0.2) is 0 Å². The number of nitrogens with one attached hydrogen (secondary N) is 1.